The third-order valence-electron chi connectivity index (χ3n) is 3.61. The third kappa shape index (κ3) is 1.84. The first-order chi connectivity index (χ1) is 6.27. The zero-order chi connectivity index (χ0) is 9.26. The van der Waals surface area contributed by atoms with Crippen LogP contribution in [-0.4, -0.2) is 5.78 Å². The van der Waals surface area contributed by atoms with Crippen molar-refractivity contribution in [2.24, 2.45) is 11.8 Å². The van der Waals surface area contributed by atoms with Gasteiger partial charge in [-0.3, -0.25) is 4.79 Å². The maximum Gasteiger partial charge on any atom is 0.156 e. The van der Waals surface area contributed by atoms with Gasteiger partial charge >= 0.3 is 0 Å². The van der Waals surface area contributed by atoms with Crippen LogP contribution in [0.1, 0.15) is 45.4 Å². The molecular formula is C12H18O. The maximum atomic E-state index is 11.2. The molecule has 1 heteroatoms. The predicted molar refractivity (Wildman–Crippen MR) is 53.4 cm³/mol. The summed E-state index contributed by atoms with van der Waals surface area (Å²) in [4.78, 5) is 11.2. The Morgan fingerprint density at radius 3 is 2.46 bits per heavy atom. The fraction of sp³-hybridized carbons (Fsp3) is 0.750. The Hall–Kier alpha value is -0.590. The van der Waals surface area contributed by atoms with Crippen molar-refractivity contribution in [2.75, 3.05) is 0 Å². The van der Waals surface area contributed by atoms with E-state index < -0.39 is 0 Å². The highest BCUT2D eigenvalue weighted by atomic mass is 16.1. The predicted octanol–water partition coefficient (Wildman–Crippen LogP) is 3.10. The molecule has 0 amide bonds. The lowest BCUT2D eigenvalue weighted by atomic mass is 9.77. The summed E-state index contributed by atoms with van der Waals surface area (Å²) in [7, 11) is 0. The molecule has 1 fully saturated rings. The second kappa shape index (κ2) is 3.65. The van der Waals surface area contributed by atoms with Gasteiger partial charge in [0, 0.05) is 6.42 Å². The van der Waals surface area contributed by atoms with Gasteiger partial charge < -0.3 is 0 Å². The number of allylic oxidation sites excluding steroid dienone is 2. The average molecular weight is 178 g/mol. The van der Waals surface area contributed by atoms with Crippen LogP contribution in [-0.2, 0) is 4.79 Å². The summed E-state index contributed by atoms with van der Waals surface area (Å²) < 4.78 is 0. The maximum absolute atomic E-state index is 11.2. The molecule has 0 spiro atoms. The van der Waals surface area contributed by atoms with Crippen LogP contribution < -0.4 is 0 Å². The molecule has 0 aromatic carbocycles. The van der Waals surface area contributed by atoms with Crippen molar-refractivity contribution < 1.29 is 4.79 Å². The molecule has 0 heterocycles. The van der Waals surface area contributed by atoms with Gasteiger partial charge in [-0.2, -0.15) is 0 Å². The third-order valence-corrected chi connectivity index (χ3v) is 3.61. The lowest BCUT2D eigenvalue weighted by Gasteiger charge is -2.27. The lowest BCUT2D eigenvalue weighted by Crippen LogP contribution is -2.17. The van der Waals surface area contributed by atoms with Crippen LogP contribution in [0, 0.1) is 11.8 Å². The molecule has 1 unspecified atom stereocenters. The van der Waals surface area contributed by atoms with Gasteiger partial charge in [0.1, 0.15) is 0 Å². The van der Waals surface area contributed by atoms with Crippen molar-refractivity contribution in [3.63, 3.8) is 0 Å². The number of carbonyl (C=O) groups excluding carboxylic acids is 1. The summed E-state index contributed by atoms with van der Waals surface area (Å²) in [6, 6.07) is 0. The van der Waals surface area contributed by atoms with Crippen molar-refractivity contribution in [3.05, 3.63) is 11.6 Å². The standard InChI is InChI=1S/C12H18O/c1-9-7-11(13)8-12(9)10-5-3-2-4-6-10/h7,10,12H,2-6,8H2,1H3. The molecule has 13 heavy (non-hydrogen) atoms. The fourth-order valence-electron chi connectivity index (χ4n) is 2.87. The van der Waals surface area contributed by atoms with E-state index in [-0.39, 0.29) is 0 Å². The summed E-state index contributed by atoms with van der Waals surface area (Å²) >= 11 is 0. The quantitative estimate of drug-likeness (QED) is 0.603. The molecule has 1 saturated carbocycles. The van der Waals surface area contributed by atoms with E-state index in [2.05, 4.69) is 6.92 Å². The topological polar surface area (TPSA) is 17.1 Å². The minimum atomic E-state index is 0.355. The minimum absolute atomic E-state index is 0.355. The average Bonchev–Trinajstić information content (AvgIpc) is 2.47. The van der Waals surface area contributed by atoms with Crippen molar-refractivity contribution in [3.8, 4) is 0 Å². The summed E-state index contributed by atoms with van der Waals surface area (Å²) in [6.45, 7) is 2.13. The van der Waals surface area contributed by atoms with Crippen LogP contribution in [0.25, 0.3) is 0 Å². The molecule has 0 aromatic rings. The van der Waals surface area contributed by atoms with E-state index in [0.29, 0.717) is 11.7 Å². The van der Waals surface area contributed by atoms with E-state index in [1.807, 2.05) is 6.08 Å². The van der Waals surface area contributed by atoms with Gasteiger partial charge in [-0.05, 0) is 37.7 Å². The highest BCUT2D eigenvalue weighted by Gasteiger charge is 2.30. The second-order valence-corrected chi connectivity index (χ2v) is 4.56. The molecule has 0 aromatic heterocycles. The highest BCUT2D eigenvalue weighted by molar-refractivity contribution is 5.93. The van der Waals surface area contributed by atoms with E-state index >= 15 is 0 Å². The molecule has 0 bridgehead atoms. The van der Waals surface area contributed by atoms with Crippen molar-refractivity contribution in [1.29, 1.82) is 0 Å². The molecule has 2 aliphatic rings. The van der Waals surface area contributed by atoms with Gasteiger partial charge in [-0.25, -0.2) is 0 Å². The SMILES string of the molecule is CC1=CC(=O)CC1C1CCCCC1. The smallest absolute Gasteiger partial charge is 0.156 e. The van der Waals surface area contributed by atoms with Crippen molar-refractivity contribution in [2.45, 2.75) is 45.4 Å². The normalized spacial score (nSPS) is 30.7. The Kier molecular flexibility index (Phi) is 2.52. The van der Waals surface area contributed by atoms with Gasteiger partial charge in [0.15, 0.2) is 5.78 Å². The van der Waals surface area contributed by atoms with Gasteiger partial charge in [0.2, 0.25) is 0 Å². The zero-order valence-corrected chi connectivity index (χ0v) is 8.38. The monoisotopic (exact) mass is 178 g/mol. The second-order valence-electron chi connectivity index (χ2n) is 4.56. The molecule has 1 nitrogen and oxygen atoms in total. The van der Waals surface area contributed by atoms with E-state index in [0.717, 1.165) is 12.3 Å². The molecule has 0 N–H and O–H groups in total. The first-order valence-electron chi connectivity index (χ1n) is 5.48. The summed E-state index contributed by atoms with van der Waals surface area (Å²) in [6.07, 6.45) is 9.52. The van der Waals surface area contributed by atoms with Gasteiger partial charge in [-0.1, -0.05) is 24.8 Å². The van der Waals surface area contributed by atoms with Crippen LogP contribution >= 0.6 is 0 Å². The Morgan fingerprint density at radius 2 is 1.92 bits per heavy atom. The summed E-state index contributed by atoms with van der Waals surface area (Å²) in [5.74, 6) is 1.78. The van der Waals surface area contributed by atoms with E-state index in [9.17, 15) is 4.79 Å². The number of carbonyl (C=O) groups is 1. The van der Waals surface area contributed by atoms with Gasteiger partial charge in [-0.15, -0.1) is 0 Å². The fourth-order valence-corrected chi connectivity index (χ4v) is 2.87. The lowest BCUT2D eigenvalue weighted by molar-refractivity contribution is -0.114. The molecule has 72 valence electrons. The molecule has 1 atom stereocenters. The van der Waals surface area contributed by atoms with Crippen LogP contribution in [0.3, 0.4) is 0 Å². The van der Waals surface area contributed by atoms with E-state index in [1.165, 1.54) is 37.7 Å². The van der Waals surface area contributed by atoms with Gasteiger partial charge in [0.25, 0.3) is 0 Å². The van der Waals surface area contributed by atoms with Crippen LogP contribution in [0.2, 0.25) is 0 Å². The van der Waals surface area contributed by atoms with Crippen LogP contribution in [0.5, 0.6) is 0 Å². The van der Waals surface area contributed by atoms with E-state index in [4.69, 9.17) is 0 Å². The molecular weight excluding hydrogens is 160 g/mol. The number of ketones is 1. The van der Waals surface area contributed by atoms with E-state index in [1.54, 1.807) is 0 Å². The van der Waals surface area contributed by atoms with Crippen molar-refractivity contribution >= 4 is 5.78 Å². The summed E-state index contributed by atoms with van der Waals surface area (Å²) in [5, 5.41) is 0. The first-order valence-corrected chi connectivity index (χ1v) is 5.48. The Bertz CT molecular complexity index is 234. The van der Waals surface area contributed by atoms with Gasteiger partial charge in [0.05, 0.1) is 0 Å². The Balaban J connectivity index is 2.00. The first kappa shape index (κ1) is 8.98. The highest BCUT2D eigenvalue weighted by Crippen LogP contribution is 2.38. The minimum Gasteiger partial charge on any atom is -0.295 e. The number of rotatable bonds is 1. The molecule has 2 aliphatic carbocycles. The summed E-state index contributed by atoms with van der Waals surface area (Å²) in [5.41, 5.74) is 1.34. The molecule has 0 radical (unpaired) electrons. The molecule has 0 saturated heterocycles. The Labute approximate surface area is 80.2 Å². The zero-order valence-electron chi connectivity index (χ0n) is 8.38. The van der Waals surface area contributed by atoms with Crippen LogP contribution in [0.15, 0.2) is 11.6 Å². The van der Waals surface area contributed by atoms with Crippen molar-refractivity contribution in [1.82, 2.24) is 0 Å². The largest absolute Gasteiger partial charge is 0.295 e. The molecule has 2 rings (SSSR count). The number of hydrogen-bond acceptors (Lipinski definition) is 1. The number of hydrogen-bond donors (Lipinski definition) is 0. The Morgan fingerprint density at radius 1 is 1.23 bits per heavy atom. The molecule has 0 aliphatic heterocycles. The van der Waals surface area contributed by atoms with Crippen LogP contribution in [0.4, 0.5) is 0 Å².